The molecule has 1 aliphatic rings. The third-order valence-electron chi connectivity index (χ3n) is 4.71. The smallest absolute Gasteiger partial charge is 0.247 e. The fourth-order valence-electron chi connectivity index (χ4n) is 3.20. The minimum atomic E-state index is -0.208. The molecule has 0 radical (unpaired) electrons. The van der Waals surface area contributed by atoms with Crippen LogP contribution in [0.2, 0.25) is 0 Å². The van der Waals surface area contributed by atoms with Crippen LogP contribution in [0.4, 0.5) is 10.1 Å². The summed E-state index contributed by atoms with van der Waals surface area (Å²) >= 11 is 0. The first-order chi connectivity index (χ1) is 13.2. The van der Waals surface area contributed by atoms with Gasteiger partial charge in [-0.25, -0.2) is 4.39 Å². The van der Waals surface area contributed by atoms with Gasteiger partial charge in [0.2, 0.25) is 11.8 Å². The van der Waals surface area contributed by atoms with Crippen LogP contribution in [-0.4, -0.2) is 48.4 Å². The van der Waals surface area contributed by atoms with Crippen molar-refractivity contribution >= 4 is 5.69 Å². The summed E-state index contributed by atoms with van der Waals surface area (Å²) in [7, 11) is 1.63. The molecule has 3 aromatic rings. The molecule has 1 aliphatic heterocycles. The second-order valence-electron chi connectivity index (χ2n) is 6.47. The molecule has 7 heteroatoms. The quantitative estimate of drug-likeness (QED) is 0.689. The number of hydrogen-bond acceptors (Lipinski definition) is 6. The van der Waals surface area contributed by atoms with E-state index in [0.717, 1.165) is 43.2 Å². The number of aromatic nitrogens is 2. The van der Waals surface area contributed by atoms with E-state index < -0.39 is 0 Å². The lowest BCUT2D eigenvalue weighted by Crippen LogP contribution is -2.46. The molecule has 2 aromatic carbocycles. The summed E-state index contributed by atoms with van der Waals surface area (Å²) in [6.45, 7) is 4.14. The molecule has 0 saturated carbocycles. The van der Waals surface area contributed by atoms with Gasteiger partial charge in [-0.1, -0.05) is 6.07 Å². The van der Waals surface area contributed by atoms with Gasteiger partial charge in [0, 0.05) is 37.4 Å². The van der Waals surface area contributed by atoms with Gasteiger partial charge in [-0.3, -0.25) is 4.90 Å². The standard InChI is InChI=1S/C20H21FN4O2/c1-26-18-4-2-3-15(13-18)20-23-22-19(27-20)14-24-9-11-25(12-10-24)17-7-5-16(21)6-8-17/h2-8,13H,9-12,14H2,1H3. The highest BCUT2D eigenvalue weighted by atomic mass is 19.1. The van der Waals surface area contributed by atoms with Crippen LogP contribution in [0.15, 0.2) is 52.9 Å². The van der Waals surface area contributed by atoms with E-state index in [1.54, 1.807) is 7.11 Å². The van der Waals surface area contributed by atoms with Crippen LogP contribution in [0.3, 0.4) is 0 Å². The Morgan fingerprint density at radius 1 is 1.04 bits per heavy atom. The van der Waals surface area contributed by atoms with E-state index in [4.69, 9.17) is 9.15 Å². The van der Waals surface area contributed by atoms with Gasteiger partial charge in [0.05, 0.1) is 13.7 Å². The van der Waals surface area contributed by atoms with Crippen molar-refractivity contribution in [2.75, 3.05) is 38.2 Å². The molecule has 0 atom stereocenters. The topological polar surface area (TPSA) is 54.6 Å². The summed E-state index contributed by atoms with van der Waals surface area (Å²) in [4.78, 5) is 4.54. The molecule has 1 saturated heterocycles. The predicted octanol–water partition coefficient (Wildman–Crippen LogP) is 3.21. The van der Waals surface area contributed by atoms with E-state index in [0.29, 0.717) is 18.3 Å². The van der Waals surface area contributed by atoms with Crippen molar-refractivity contribution in [1.82, 2.24) is 15.1 Å². The number of methoxy groups -OCH3 is 1. The monoisotopic (exact) mass is 368 g/mol. The number of halogens is 1. The van der Waals surface area contributed by atoms with E-state index in [1.165, 1.54) is 12.1 Å². The van der Waals surface area contributed by atoms with Gasteiger partial charge in [0.25, 0.3) is 0 Å². The van der Waals surface area contributed by atoms with Gasteiger partial charge in [-0.05, 0) is 42.5 Å². The van der Waals surface area contributed by atoms with Crippen molar-refractivity contribution in [3.63, 3.8) is 0 Å². The molecule has 0 bridgehead atoms. The van der Waals surface area contributed by atoms with Crippen LogP contribution >= 0.6 is 0 Å². The summed E-state index contributed by atoms with van der Waals surface area (Å²) < 4.78 is 24.1. The van der Waals surface area contributed by atoms with Gasteiger partial charge in [0.15, 0.2) is 0 Å². The van der Waals surface area contributed by atoms with Crippen molar-refractivity contribution in [1.29, 1.82) is 0 Å². The van der Waals surface area contributed by atoms with Crippen molar-refractivity contribution in [3.05, 3.63) is 60.2 Å². The summed E-state index contributed by atoms with van der Waals surface area (Å²) in [6.07, 6.45) is 0. The molecule has 0 aliphatic carbocycles. The van der Waals surface area contributed by atoms with Crippen molar-refractivity contribution < 1.29 is 13.5 Å². The fraction of sp³-hybridized carbons (Fsp3) is 0.300. The Kier molecular flexibility index (Phi) is 5.02. The molecule has 1 fully saturated rings. The molecule has 0 amide bonds. The van der Waals surface area contributed by atoms with Crippen LogP contribution in [-0.2, 0) is 6.54 Å². The third kappa shape index (κ3) is 4.09. The largest absolute Gasteiger partial charge is 0.497 e. The maximum Gasteiger partial charge on any atom is 0.247 e. The summed E-state index contributed by atoms with van der Waals surface area (Å²) in [5.74, 6) is 1.64. The molecule has 0 spiro atoms. The molecule has 0 unspecified atom stereocenters. The number of benzene rings is 2. The molecule has 140 valence electrons. The first-order valence-electron chi connectivity index (χ1n) is 8.91. The highest BCUT2D eigenvalue weighted by molar-refractivity contribution is 5.55. The van der Waals surface area contributed by atoms with E-state index >= 15 is 0 Å². The molecule has 2 heterocycles. The van der Waals surface area contributed by atoms with E-state index in [9.17, 15) is 4.39 Å². The van der Waals surface area contributed by atoms with E-state index in [-0.39, 0.29) is 5.82 Å². The van der Waals surface area contributed by atoms with Crippen LogP contribution in [0.1, 0.15) is 5.89 Å². The van der Waals surface area contributed by atoms with Gasteiger partial charge < -0.3 is 14.1 Å². The first-order valence-corrected chi connectivity index (χ1v) is 8.91. The summed E-state index contributed by atoms with van der Waals surface area (Å²) in [6, 6.07) is 14.2. The Labute approximate surface area is 157 Å². The van der Waals surface area contributed by atoms with Crippen LogP contribution in [0.5, 0.6) is 5.75 Å². The highest BCUT2D eigenvalue weighted by Crippen LogP contribution is 2.23. The molecule has 4 rings (SSSR count). The maximum atomic E-state index is 13.1. The van der Waals surface area contributed by atoms with Crippen molar-refractivity contribution in [2.24, 2.45) is 0 Å². The Hall–Kier alpha value is -2.93. The molecular formula is C20H21FN4O2. The van der Waals surface area contributed by atoms with Crippen molar-refractivity contribution in [2.45, 2.75) is 6.54 Å². The number of piperazine rings is 1. The summed E-state index contributed by atoms with van der Waals surface area (Å²) in [5, 5.41) is 8.33. The zero-order valence-electron chi connectivity index (χ0n) is 15.1. The predicted molar refractivity (Wildman–Crippen MR) is 100 cm³/mol. The van der Waals surface area contributed by atoms with Gasteiger partial charge in [-0.2, -0.15) is 0 Å². The lowest BCUT2D eigenvalue weighted by atomic mass is 10.2. The van der Waals surface area contributed by atoms with Crippen LogP contribution in [0.25, 0.3) is 11.5 Å². The average molecular weight is 368 g/mol. The van der Waals surface area contributed by atoms with Gasteiger partial charge in [-0.15, -0.1) is 10.2 Å². The third-order valence-corrected chi connectivity index (χ3v) is 4.71. The van der Waals surface area contributed by atoms with Gasteiger partial charge >= 0.3 is 0 Å². The fourth-order valence-corrected chi connectivity index (χ4v) is 3.20. The van der Waals surface area contributed by atoms with Crippen molar-refractivity contribution in [3.8, 4) is 17.2 Å². The minimum Gasteiger partial charge on any atom is -0.497 e. The Balaban J connectivity index is 1.35. The average Bonchev–Trinajstić information content (AvgIpc) is 3.18. The second-order valence-corrected chi connectivity index (χ2v) is 6.47. The number of anilines is 1. The normalized spacial score (nSPS) is 15.1. The minimum absolute atomic E-state index is 0.208. The summed E-state index contributed by atoms with van der Waals surface area (Å²) in [5.41, 5.74) is 1.89. The number of rotatable bonds is 5. The Bertz CT molecular complexity index is 889. The number of ether oxygens (including phenoxy) is 1. The second kappa shape index (κ2) is 7.75. The van der Waals surface area contributed by atoms with E-state index in [1.807, 2.05) is 36.4 Å². The molecule has 0 N–H and O–H groups in total. The maximum absolute atomic E-state index is 13.1. The first kappa shape index (κ1) is 17.5. The Morgan fingerprint density at radius 2 is 1.81 bits per heavy atom. The lowest BCUT2D eigenvalue weighted by molar-refractivity contribution is 0.227. The zero-order chi connectivity index (χ0) is 18.6. The molecule has 6 nitrogen and oxygen atoms in total. The number of hydrogen-bond donors (Lipinski definition) is 0. The van der Waals surface area contributed by atoms with Gasteiger partial charge in [0.1, 0.15) is 11.6 Å². The van der Waals surface area contributed by atoms with Crippen LogP contribution in [0, 0.1) is 5.82 Å². The molecule has 27 heavy (non-hydrogen) atoms. The molecular weight excluding hydrogens is 347 g/mol. The number of nitrogens with zero attached hydrogens (tertiary/aromatic N) is 4. The Morgan fingerprint density at radius 3 is 2.56 bits per heavy atom. The van der Waals surface area contributed by atoms with E-state index in [2.05, 4.69) is 20.0 Å². The zero-order valence-corrected chi connectivity index (χ0v) is 15.1. The highest BCUT2D eigenvalue weighted by Gasteiger charge is 2.19. The lowest BCUT2D eigenvalue weighted by Gasteiger charge is -2.35. The van der Waals surface area contributed by atoms with Crippen LogP contribution < -0.4 is 9.64 Å². The molecule has 1 aromatic heterocycles. The SMILES string of the molecule is COc1cccc(-c2nnc(CN3CCN(c4ccc(F)cc4)CC3)o2)c1.